The highest BCUT2D eigenvalue weighted by Gasteiger charge is 2.35. The Morgan fingerprint density at radius 2 is 1.81 bits per heavy atom. The van der Waals surface area contributed by atoms with E-state index >= 15 is 0 Å². The summed E-state index contributed by atoms with van der Waals surface area (Å²) in [6.07, 6.45) is 3.95. The first-order valence-electron chi connectivity index (χ1n) is 8.56. The van der Waals surface area contributed by atoms with Gasteiger partial charge in [0.25, 0.3) is 0 Å². The van der Waals surface area contributed by atoms with Gasteiger partial charge in [-0.3, -0.25) is 4.79 Å². The molecular weight excluding hydrogens is 264 g/mol. The van der Waals surface area contributed by atoms with Gasteiger partial charge in [-0.25, -0.2) is 0 Å². The molecule has 0 aliphatic rings. The second kappa shape index (κ2) is 10.2. The maximum Gasteiger partial charge on any atom is 0.323 e. The molecule has 0 fully saturated rings. The van der Waals surface area contributed by atoms with Gasteiger partial charge in [-0.15, -0.1) is 0 Å². The Morgan fingerprint density at radius 1 is 1.24 bits per heavy atom. The van der Waals surface area contributed by atoms with E-state index in [0.29, 0.717) is 12.3 Å². The van der Waals surface area contributed by atoms with Gasteiger partial charge in [0.1, 0.15) is 5.54 Å². The average molecular weight is 300 g/mol. The third-order valence-electron chi connectivity index (χ3n) is 4.62. The Bertz CT molecular complexity index is 293. The summed E-state index contributed by atoms with van der Waals surface area (Å²) < 4.78 is 0. The number of carboxylic acid groups (broad SMARTS) is 1. The van der Waals surface area contributed by atoms with Crippen molar-refractivity contribution in [3.8, 4) is 0 Å². The minimum absolute atomic E-state index is 0.265. The average Bonchev–Trinajstić information content (AvgIpc) is 2.46. The molecule has 0 aromatic heterocycles. The van der Waals surface area contributed by atoms with E-state index in [9.17, 15) is 9.90 Å². The van der Waals surface area contributed by atoms with Crippen molar-refractivity contribution in [2.75, 3.05) is 19.6 Å². The zero-order valence-electron chi connectivity index (χ0n) is 14.9. The minimum atomic E-state index is -0.837. The molecule has 0 amide bonds. The third-order valence-corrected chi connectivity index (χ3v) is 4.62. The Hall–Kier alpha value is -0.610. The van der Waals surface area contributed by atoms with Crippen LogP contribution in [0.25, 0.3) is 0 Å². The molecule has 2 unspecified atom stereocenters. The standard InChI is InChI=1S/C17H36N2O2/c1-7-11-18-17(6,16(20)21)12-14(5)19(10-4)13-15(8-2)9-3/h14-15,18H,7-13H2,1-6H3,(H,20,21). The van der Waals surface area contributed by atoms with Crippen molar-refractivity contribution in [1.29, 1.82) is 0 Å². The molecule has 0 spiro atoms. The van der Waals surface area contributed by atoms with Gasteiger partial charge in [0.2, 0.25) is 0 Å². The van der Waals surface area contributed by atoms with Crippen molar-refractivity contribution in [1.82, 2.24) is 10.2 Å². The molecule has 2 atom stereocenters. The minimum Gasteiger partial charge on any atom is -0.480 e. The summed E-state index contributed by atoms with van der Waals surface area (Å²) in [7, 11) is 0. The van der Waals surface area contributed by atoms with Gasteiger partial charge in [0.15, 0.2) is 0 Å². The number of carbonyl (C=O) groups is 1. The lowest BCUT2D eigenvalue weighted by Crippen LogP contribution is -2.54. The normalized spacial score (nSPS) is 16.2. The van der Waals surface area contributed by atoms with Crippen LogP contribution < -0.4 is 5.32 Å². The van der Waals surface area contributed by atoms with E-state index < -0.39 is 11.5 Å². The summed E-state index contributed by atoms with van der Waals surface area (Å²) in [5.41, 5.74) is -0.837. The number of carboxylic acids is 1. The Morgan fingerprint density at radius 3 is 2.19 bits per heavy atom. The number of nitrogens with zero attached hydrogens (tertiary/aromatic N) is 1. The van der Waals surface area contributed by atoms with Crippen LogP contribution in [0.3, 0.4) is 0 Å². The van der Waals surface area contributed by atoms with Crippen LogP contribution in [-0.2, 0) is 4.79 Å². The Kier molecular flexibility index (Phi) is 9.88. The van der Waals surface area contributed by atoms with Crippen LogP contribution in [0.15, 0.2) is 0 Å². The van der Waals surface area contributed by atoms with Crippen LogP contribution in [0.2, 0.25) is 0 Å². The summed E-state index contributed by atoms with van der Waals surface area (Å²) in [5.74, 6) is -0.0477. The lowest BCUT2D eigenvalue weighted by atomic mass is 9.91. The van der Waals surface area contributed by atoms with Gasteiger partial charge in [0, 0.05) is 12.6 Å². The monoisotopic (exact) mass is 300 g/mol. The van der Waals surface area contributed by atoms with Gasteiger partial charge in [0.05, 0.1) is 0 Å². The molecule has 21 heavy (non-hydrogen) atoms. The lowest BCUT2D eigenvalue weighted by molar-refractivity contribution is -0.145. The highest BCUT2D eigenvalue weighted by molar-refractivity contribution is 5.78. The number of nitrogens with one attached hydrogen (secondary N) is 1. The molecule has 0 aromatic rings. The zero-order chi connectivity index (χ0) is 16.5. The molecule has 0 radical (unpaired) electrons. The van der Waals surface area contributed by atoms with Crippen LogP contribution in [0.4, 0.5) is 0 Å². The van der Waals surface area contributed by atoms with Gasteiger partial charge >= 0.3 is 5.97 Å². The predicted molar refractivity (Wildman–Crippen MR) is 89.7 cm³/mol. The van der Waals surface area contributed by atoms with Gasteiger partial charge in [-0.2, -0.15) is 0 Å². The molecule has 0 aliphatic heterocycles. The molecule has 0 saturated carbocycles. The molecule has 4 heteroatoms. The van der Waals surface area contributed by atoms with Crippen LogP contribution in [-0.4, -0.2) is 47.2 Å². The molecular formula is C17H36N2O2. The van der Waals surface area contributed by atoms with E-state index in [1.165, 1.54) is 12.8 Å². The number of rotatable bonds is 12. The van der Waals surface area contributed by atoms with Crippen molar-refractivity contribution in [3.05, 3.63) is 0 Å². The third kappa shape index (κ3) is 6.79. The number of hydrogen-bond acceptors (Lipinski definition) is 3. The van der Waals surface area contributed by atoms with Crippen LogP contribution in [0, 0.1) is 5.92 Å². The maximum atomic E-state index is 11.6. The quantitative estimate of drug-likeness (QED) is 0.580. The Balaban J connectivity index is 4.77. The summed E-state index contributed by atoms with van der Waals surface area (Å²) in [4.78, 5) is 14.1. The lowest BCUT2D eigenvalue weighted by Gasteiger charge is -2.36. The second-order valence-electron chi connectivity index (χ2n) is 6.39. The molecule has 2 N–H and O–H groups in total. The van der Waals surface area contributed by atoms with E-state index in [2.05, 4.69) is 44.8 Å². The fraction of sp³-hybridized carbons (Fsp3) is 0.941. The number of aliphatic carboxylic acids is 1. The molecule has 0 aliphatic carbocycles. The molecule has 0 aromatic carbocycles. The SMILES string of the molecule is CCCNC(C)(CC(C)N(CC)CC(CC)CC)C(=O)O. The van der Waals surface area contributed by atoms with Gasteiger partial charge in [-0.05, 0) is 45.7 Å². The molecule has 0 rings (SSSR count). The second-order valence-corrected chi connectivity index (χ2v) is 6.39. The Labute approximate surface area is 131 Å². The summed E-state index contributed by atoms with van der Waals surface area (Å²) >= 11 is 0. The van der Waals surface area contributed by atoms with Gasteiger partial charge in [-0.1, -0.05) is 40.5 Å². The molecule has 0 saturated heterocycles. The topological polar surface area (TPSA) is 52.6 Å². The first-order chi connectivity index (χ1) is 9.84. The van der Waals surface area contributed by atoms with E-state index in [4.69, 9.17) is 0 Å². The zero-order valence-corrected chi connectivity index (χ0v) is 14.9. The van der Waals surface area contributed by atoms with E-state index in [0.717, 1.165) is 26.1 Å². The van der Waals surface area contributed by atoms with E-state index in [1.807, 2.05) is 6.92 Å². The first kappa shape index (κ1) is 20.4. The van der Waals surface area contributed by atoms with E-state index in [-0.39, 0.29) is 6.04 Å². The maximum absolute atomic E-state index is 11.6. The smallest absolute Gasteiger partial charge is 0.323 e. The van der Waals surface area contributed by atoms with E-state index in [1.54, 1.807) is 0 Å². The molecule has 0 bridgehead atoms. The predicted octanol–water partition coefficient (Wildman–Crippen LogP) is 3.37. The van der Waals surface area contributed by atoms with Crippen molar-refractivity contribution in [3.63, 3.8) is 0 Å². The first-order valence-corrected chi connectivity index (χ1v) is 8.56. The molecule has 0 heterocycles. The van der Waals surface area contributed by atoms with Crippen molar-refractivity contribution in [2.24, 2.45) is 5.92 Å². The number of hydrogen-bond donors (Lipinski definition) is 2. The van der Waals surface area contributed by atoms with Crippen molar-refractivity contribution in [2.45, 2.75) is 78.8 Å². The molecule has 126 valence electrons. The largest absolute Gasteiger partial charge is 0.480 e. The fourth-order valence-corrected chi connectivity index (χ4v) is 2.86. The summed E-state index contributed by atoms with van der Waals surface area (Å²) in [5, 5.41) is 12.8. The van der Waals surface area contributed by atoms with Crippen LogP contribution in [0.5, 0.6) is 0 Å². The van der Waals surface area contributed by atoms with Crippen LogP contribution >= 0.6 is 0 Å². The summed E-state index contributed by atoms with van der Waals surface area (Å²) in [6, 6.07) is 0.265. The highest BCUT2D eigenvalue weighted by Crippen LogP contribution is 2.19. The van der Waals surface area contributed by atoms with Crippen molar-refractivity contribution < 1.29 is 9.90 Å². The summed E-state index contributed by atoms with van der Waals surface area (Å²) in [6.45, 7) is 15.4. The molecule has 4 nitrogen and oxygen atoms in total. The fourth-order valence-electron chi connectivity index (χ4n) is 2.86. The van der Waals surface area contributed by atoms with Crippen molar-refractivity contribution >= 4 is 5.97 Å². The van der Waals surface area contributed by atoms with Gasteiger partial charge < -0.3 is 15.3 Å². The highest BCUT2D eigenvalue weighted by atomic mass is 16.4. The van der Waals surface area contributed by atoms with Crippen LogP contribution in [0.1, 0.15) is 67.2 Å².